The Balaban J connectivity index is 1.62. The molecule has 1 fully saturated rings. The number of nitrogens with one attached hydrogen (secondary N) is 1. The van der Waals surface area contributed by atoms with Gasteiger partial charge in [0.2, 0.25) is 5.91 Å². The second-order valence-corrected chi connectivity index (χ2v) is 5.74. The minimum absolute atomic E-state index is 0.270. The van der Waals surface area contributed by atoms with Crippen molar-refractivity contribution in [1.29, 1.82) is 0 Å². The molecule has 0 heterocycles. The number of rotatable bonds is 6. The monoisotopic (exact) mass is 274 g/mol. The average Bonchev–Trinajstić information content (AvgIpc) is 2.53. The van der Waals surface area contributed by atoms with Gasteiger partial charge in [-0.2, -0.15) is 0 Å². The number of carbonyl (C=O) groups is 1. The van der Waals surface area contributed by atoms with Gasteiger partial charge in [-0.05, 0) is 31.4 Å². The molecule has 0 atom stereocenters. The van der Waals surface area contributed by atoms with E-state index in [9.17, 15) is 4.79 Å². The van der Waals surface area contributed by atoms with Crippen LogP contribution in [-0.4, -0.2) is 26.0 Å². The second-order valence-electron chi connectivity index (χ2n) is 5.74. The molecule has 0 spiro atoms. The van der Waals surface area contributed by atoms with Crippen molar-refractivity contribution in [3.63, 3.8) is 0 Å². The third-order valence-corrected chi connectivity index (χ3v) is 4.14. The molecule has 0 saturated heterocycles. The van der Waals surface area contributed by atoms with Crippen molar-refractivity contribution < 1.29 is 4.79 Å². The van der Waals surface area contributed by atoms with Gasteiger partial charge in [-0.15, -0.1) is 0 Å². The fourth-order valence-corrected chi connectivity index (χ4v) is 2.85. The number of anilines is 1. The van der Waals surface area contributed by atoms with Crippen LogP contribution in [0.4, 0.5) is 5.69 Å². The number of amides is 1. The molecule has 0 aliphatic heterocycles. The van der Waals surface area contributed by atoms with Gasteiger partial charge in [0.15, 0.2) is 0 Å². The Morgan fingerprint density at radius 2 is 1.90 bits per heavy atom. The molecule has 110 valence electrons. The highest BCUT2D eigenvalue weighted by atomic mass is 16.1. The molecular formula is C17H26N2O. The van der Waals surface area contributed by atoms with Gasteiger partial charge in [0, 0.05) is 31.7 Å². The molecule has 20 heavy (non-hydrogen) atoms. The second kappa shape index (κ2) is 7.93. The molecule has 1 saturated carbocycles. The van der Waals surface area contributed by atoms with Crippen LogP contribution in [0.3, 0.4) is 0 Å². The van der Waals surface area contributed by atoms with Gasteiger partial charge >= 0.3 is 0 Å². The molecule has 1 aliphatic rings. The van der Waals surface area contributed by atoms with Gasteiger partial charge in [-0.1, -0.05) is 37.5 Å². The summed E-state index contributed by atoms with van der Waals surface area (Å²) in [6, 6.07) is 10.4. The van der Waals surface area contributed by atoms with Crippen molar-refractivity contribution in [2.75, 3.05) is 25.0 Å². The highest BCUT2D eigenvalue weighted by Crippen LogP contribution is 2.23. The first kappa shape index (κ1) is 14.9. The molecule has 1 aromatic rings. The van der Waals surface area contributed by atoms with E-state index in [4.69, 9.17) is 0 Å². The van der Waals surface area contributed by atoms with E-state index in [0.717, 1.165) is 32.4 Å². The van der Waals surface area contributed by atoms with E-state index in [0.29, 0.717) is 0 Å². The maximum Gasteiger partial charge on any atom is 0.223 e. The van der Waals surface area contributed by atoms with Crippen LogP contribution in [0.15, 0.2) is 30.3 Å². The summed E-state index contributed by atoms with van der Waals surface area (Å²) in [6.07, 6.45) is 6.88. The lowest BCUT2D eigenvalue weighted by Crippen LogP contribution is -2.34. The van der Waals surface area contributed by atoms with Gasteiger partial charge in [-0.25, -0.2) is 0 Å². The van der Waals surface area contributed by atoms with Gasteiger partial charge in [0.05, 0.1) is 0 Å². The van der Waals surface area contributed by atoms with Crippen LogP contribution >= 0.6 is 0 Å². The molecular weight excluding hydrogens is 248 g/mol. The zero-order valence-corrected chi connectivity index (χ0v) is 12.5. The van der Waals surface area contributed by atoms with Gasteiger partial charge in [-0.3, -0.25) is 4.79 Å². The predicted molar refractivity (Wildman–Crippen MR) is 83.9 cm³/mol. The number of para-hydroxylation sites is 1. The minimum atomic E-state index is 0.270. The quantitative estimate of drug-likeness (QED) is 0.808. The van der Waals surface area contributed by atoms with Gasteiger partial charge in [0.1, 0.15) is 0 Å². The van der Waals surface area contributed by atoms with E-state index in [1.54, 1.807) is 0 Å². The zero-order valence-electron chi connectivity index (χ0n) is 12.5. The standard InChI is InChI=1S/C17H26N2O/c1-19(16-11-6-3-7-12-16)14-8-13-18-17(20)15-9-4-2-5-10-15/h3,6-7,11-12,15H,2,4-5,8-10,13-14H2,1H3,(H,18,20). The van der Waals surface area contributed by atoms with E-state index >= 15 is 0 Å². The van der Waals surface area contributed by atoms with Crippen molar-refractivity contribution in [2.24, 2.45) is 5.92 Å². The molecule has 1 N–H and O–H groups in total. The van der Waals surface area contributed by atoms with E-state index in [2.05, 4.69) is 41.5 Å². The Hall–Kier alpha value is -1.51. The van der Waals surface area contributed by atoms with Crippen LogP contribution < -0.4 is 10.2 Å². The fraction of sp³-hybridized carbons (Fsp3) is 0.588. The molecule has 3 heteroatoms. The van der Waals surface area contributed by atoms with Crippen molar-refractivity contribution in [3.8, 4) is 0 Å². The van der Waals surface area contributed by atoms with Crippen molar-refractivity contribution in [3.05, 3.63) is 30.3 Å². The van der Waals surface area contributed by atoms with E-state index < -0.39 is 0 Å². The first-order chi connectivity index (χ1) is 9.77. The number of hydrogen-bond acceptors (Lipinski definition) is 2. The fourth-order valence-electron chi connectivity index (χ4n) is 2.85. The molecule has 1 aromatic carbocycles. The summed E-state index contributed by atoms with van der Waals surface area (Å²) in [5.41, 5.74) is 1.23. The number of benzene rings is 1. The lowest BCUT2D eigenvalue weighted by Gasteiger charge is -2.22. The highest BCUT2D eigenvalue weighted by molar-refractivity contribution is 5.78. The Kier molecular flexibility index (Phi) is 5.90. The van der Waals surface area contributed by atoms with Crippen LogP contribution in [0.5, 0.6) is 0 Å². The smallest absolute Gasteiger partial charge is 0.223 e. The van der Waals surface area contributed by atoms with Crippen LogP contribution in [-0.2, 0) is 4.79 Å². The van der Waals surface area contributed by atoms with Crippen LogP contribution in [0, 0.1) is 5.92 Å². The lowest BCUT2D eigenvalue weighted by molar-refractivity contribution is -0.125. The van der Waals surface area contributed by atoms with Gasteiger partial charge < -0.3 is 10.2 Å². The summed E-state index contributed by atoms with van der Waals surface area (Å²) in [7, 11) is 2.10. The molecule has 0 bridgehead atoms. The number of carbonyl (C=O) groups excluding carboxylic acids is 1. The topological polar surface area (TPSA) is 32.3 Å². The van der Waals surface area contributed by atoms with Crippen molar-refractivity contribution in [1.82, 2.24) is 5.32 Å². The van der Waals surface area contributed by atoms with Crippen molar-refractivity contribution >= 4 is 11.6 Å². The van der Waals surface area contributed by atoms with Crippen LogP contribution in [0.25, 0.3) is 0 Å². The van der Waals surface area contributed by atoms with E-state index in [1.807, 2.05) is 6.07 Å². The lowest BCUT2D eigenvalue weighted by atomic mass is 9.89. The minimum Gasteiger partial charge on any atom is -0.375 e. The van der Waals surface area contributed by atoms with Crippen molar-refractivity contribution in [2.45, 2.75) is 38.5 Å². The molecule has 0 radical (unpaired) electrons. The first-order valence-corrected chi connectivity index (χ1v) is 7.81. The van der Waals surface area contributed by atoms with Gasteiger partial charge in [0.25, 0.3) is 0 Å². The summed E-state index contributed by atoms with van der Waals surface area (Å²) >= 11 is 0. The molecule has 3 nitrogen and oxygen atoms in total. The zero-order chi connectivity index (χ0) is 14.2. The summed E-state index contributed by atoms with van der Waals surface area (Å²) in [5.74, 6) is 0.544. The van der Waals surface area contributed by atoms with Crippen LogP contribution in [0.2, 0.25) is 0 Å². The predicted octanol–water partition coefficient (Wildman–Crippen LogP) is 3.21. The highest BCUT2D eigenvalue weighted by Gasteiger charge is 2.20. The molecule has 0 aromatic heterocycles. The molecule has 0 unspecified atom stereocenters. The van der Waals surface area contributed by atoms with Crippen LogP contribution in [0.1, 0.15) is 38.5 Å². The maximum absolute atomic E-state index is 12.0. The van der Waals surface area contributed by atoms with E-state index in [1.165, 1.54) is 24.9 Å². The summed E-state index contributed by atoms with van der Waals surface area (Å²) in [4.78, 5) is 14.2. The Morgan fingerprint density at radius 3 is 2.60 bits per heavy atom. The Labute approximate surface area is 122 Å². The van der Waals surface area contributed by atoms with E-state index in [-0.39, 0.29) is 11.8 Å². The Bertz CT molecular complexity index is 399. The maximum atomic E-state index is 12.0. The third kappa shape index (κ3) is 4.55. The summed E-state index contributed by atoms with van der Waals surface area (Å²) in [5, 5.41) is 3.09. The molecule has 2 rings (SSSR count). The third-order valence-electron chi connectivity index (χ3n) is 4.14. The Morgan fingerprint density at radius 1 is 1.20 bits per heavy atom. The summed E-state index contributed by atoms with van der Waals surface area (Å²) < 4.78 is 0. The first-order valence-electron chi connectivity index (χ1n) is 7.81. The number of nitrogens with zero attached hydrogens (tertiary/aromatic N) is 1. The number of hydrogen-bond donors (Lipinski definition) is 1. The largest absolute Gasteiger partial charge is 0.375 e. The molecule has 1 aliphatic carbocycles. The SMILES string of the molecule is CN(CCCNC(=O)C1CCCCC1)c1ccccc1. The summed E-state index contributed by atoms with van der Waals surface area (Å²) in [6.45, 7) is 1.75. The normalized spacial score (nSPS) is 15.8. The average molecular weight is 274 g/mol. The molecule has 1 amide bonds.